The lowest BCUT2D eigenvalue weighted by molar-refractivity contribution is -0.166. The molecule has 3 rings (SSSR count). The van der Waals surface area contributed by atoms with E-state index < -0.39 is 14.1 Å². The Morgan fingerprint density at radius 3 is 2.45 bits per heavy atom. The maximum atomic E-state index is 6.52. The van der Waals surface area contributed by atoms with Gasteiger partial charge in [0.25, 0.3) is 0 Å². The molecule has 0 spiro atoms. The van der Waals surface area contributed by atoms with Gasteiger partial charge < -0.3 is 13.9 Å². The first kappa shape index (κ1) is 16.9. The highest BCUT2D eigenvalue weighted by molar-refractivity contribution is 6.74. The van der Waals surface area contributed by atoms with Crippen LogP contribution in [0.25, 0.3) is 0 Å². The Bertz CT molecular complexity index is 432. The lowest BCUT2D eigenvalue weighted by atomic mass is 10.1. The first-order valence-electron chi connectivity index (χ1n) is 8.77. The molecule has 3 aliphatic heterocycles. The van der Waals surface area contributed by atoms with E-state index in [-0.39, 0.29) is 17.2 Å². The molecule has 4 atom stereocenters. The summed E-state index contributed by atoms with van der Waals surface area (Å²) in [6, 6.07) is 0.883. The number of nitrogens with zero attached hydrogens (tertiary/aromatic N) is 1. The van der Waals surface area contributed by atoms with E-state index in [2.05, 4.69) is 38.8 Å². The Hall–Kier alpha value is 0.0569. The fraction of sp³-hybridized carbons (Fsp3) is 1.00. The van der Waals surface area contributed by atoms with E-state index in [0.717, 1.165) is 13.2 Å². The van der Waals surface area contributed by atoms with Gasteiger partial charge in [0, 0.05) is 6.04 Å². The number of rotatable bonds is 3. The van der Waals surface area contributed by atoms with Crippen LogP contribution in [-0.4, -0.2) is 56.4 Å². The lowest BCUT2D eigenvalue weighted by Gasteiger charge is -2.38. The first-order chi connectivity index (χ1) is 10.0. The van der Waals surface area contributed by atoms with Crippen molar-refractivity contribution in [3.63, 3.8) is 0 Å². The van der Waals surface area contributed by atoms with Gasteiger partial charge >= 0.3 is 0 Å². The molecule has 3 fully saturated rings. The van der Waals surface area contributed by atoms with Crippen LogP contribution in [0.1, 0.15) is 47.5 Å². The lowest BCUT2D eigenvalue weighted by Crippen LogP contribution is -2.48. The Balaban J connectivity index is 1.72. The van der Waals surface area contributed by atoms with Crippen molar-refractivity contribution in [1.82, 2.24) is 4.90 Å². The molecule has 0 aromatic heterocycles. The minimum absolute atomic E-state index is 0.171. The Morgan fingerprint density at radius 1 is 1.18 bits per heavy atom. The molecular formula is C17H33NO3Si. The summed E-state index contributed by atoms with van der Waals surface area (Å²) in [6.45, 7) is 17.6. The molecule has 0 saturated carbocycles. The number of hydrogen-bond donors (Lipinski definition) is 0. The van der Waals surface area contributed by atoms with Gasteiger partial charge in [-0.15, -0.1) is 0 Å². The molecule has 3 saturated heterocycles. The zero-order chi connectivity index (χ0) is 16.3. The zero-order valence-corrected chi connectivity index (χ0v) is 16.3. The van der Waals surface area contributed by atoms with E-state index in [0.29, 0.717) is 12.1 Å². The Morgan fingerprint density at radius 2 is 1.82 bits per heavy atom. The molecule has 128 valence electrons. The topological polar surface area (TPSA) is 30.9 Å². The van der Waals surface area contributed by atoms with Crippen molar-refractivity contribution in [3.8, 4) is 0 Å². The maximum absolute atomic E-state index is 6.52. The SMILES string of the molecule is CC1(C)O[C@@H]2[C@H](O1)[C@H](CO[Si](C)(C)C(C)(C)C)N1CCC[C@H]21. The van der Waals surface area contributed by atoms with Gasteiger partial charge in [-0.3, -0.25) is 4.90 Å². The van der Waals surface area contributed by atoms with Crippen LogP contribution in [-0.2, 0) is 13.9 Å². The van der Waals surface area contributed by atoms with E-state index in [1.165, 1.54) is 12.8 Å². The van der Waals surface area contributed by atoms with Crippen molar-refractivity contribution in [2.45, 2.75) is 95.7 Å². The smallest absolute Gasteiger partial charge is 0.192 e. The van der Waals surface area contributed by atoms with Gasteiger partial charge in [0.05, 0.1) is 12.6 Å². The monoisotopic (exact) mass is 327 g/mol. The van der Waals surface area contributed by atoms with Crippen LogP contribution in [0.5, 0.6) is 0 Å². The highest BCUT2D eigenvalue weighted by Crippen LogP contribution is 2.45. The summed E-state index contributed by atoms with van der Waals surface area (Å²) in [5.41, 5.74) is 0. The van der Waals surface area contributed by atoms with Gasteiger partial charge in [0.2, 0.25) is 0 Å². The predicted molar refractivity (Wildman–Crippen MR) is 90.5 cm³/mol. The van der Waals surface area contributed by atoms with Crippen molar-refractivity contribution < 1.29 is 13.9 Å². The van der Waals surface area contributed by atoms with Gasteiger partial charge in [-0.05, 0) is 51.4 Å². The summed E-state index contributed by atoms with van der Waals surface area (Å²) in [5, 5.41) is 0.252. The Kier molecular flexibility index (Phi) is 4.06. The highest BCUT2D eigenvalue weighted by Gasteiger charge is 2.59. The molecular weight excluding hydrogens is 294 g/mol. The van der Waals surface area contributed by atoms with Gasteiger partial charge in [0.1, 0.15) is 12.2 Å². The third-order valence-corrected chi connectivity index (χ3v) is 10.6. The summed E-state index contributed by atoms with van der Waals surface area (Å²) in [6.07, 6.45) is 2.90. The molecule has 0 N–H and O–H groups in total. The molecule has 22 heavy (non-hydrogen) atoms. The van der Waals surface area contributed by atoms with E-state index in [4.69, 9.17) is 13.9 Å². The standard InChI is InChI=1S/C17H33NO3Si/c1-16(2,3)22(6,7)19-11-13-15-14(20-17(4,5)21-15)12-9-8-10-18(12)13/h12-15H,8-11H2,1-7H3/t12-,13+,14+,15-/m1/s1. The second-order valence-corrected chi connectivity index (χ2v) is 14.0. The quantitative estimate of drug-likeness (QED) is 0.744. The predicted octanol–water partition coefficient (Wildman–Crippen LogP) is 3.37. The molecule has 0 aliphatic carbocycles. The molecule has 0 amide bonds. The van der Waals surface area contributed by atoms with Crippen molar-refractivity contribution in [2.75, 3.05) is 13.2 Å². The van der Waals surface area contributed by atoms with Gasteiger partial charge in [0.15, 0.2) is 14.1 Å². The van der Waals surface area contributed by atoms with E-state index >= 15 is 0 Å². The third kappa shape index (κ3) is 2.79. The van der Waals surface area contributed by atoms with Gasteiger partial charge in [-0.1, -0.05) is 20.8 Å². The van der Waals surface area contributed by atoms with Gasteiger partial charge in [-0.25, -0.2) is 0 Å². The minimum atomic E-state index is -1.72. The van der Waals surface area contributed by atoms with Crippen molar-refractivity contribution in [3.05, 3.63) is 0 Å². The normalized spacial score (nSPS) is 38.3. The maximum Gasteiger partial charge on any atom is 0.192 e. The summed E-state index contributed by atoms with van der Waals surface area (Å²) in [7, 11) is -1.72. The molecule has 0 unspecified atom stereocenters. The van der Waals surface area contributed by atoms with Crippen LogP contribution in [0, 0.1) is 0 Å². The molecule has 3 heterocycles. The second kappa shape index (κ2) is 5.28. The van der Waals surface area contributed by atoms with Gasteiger partial charge in [-0.2, -0.15) is 0 Å². The molecule has 0 aromatic carbocycles. The molecule has 0 aromatic rings. The van der Waals surface area contributed by atoms with Crippen LogP contribution in [0.15, 0.2) is 0 Å². The van der Waals surface area contributed by atoms with E-state index in [1.807, 2.05) is 13.8 Å². The third-order valence-electron chi connectivity index (χ3n) is 6.11. The largest absolute Gasteiger partial charge is 0.415 e. The Labute approximate surface area is 136 Å². The summed E-state index contributed by atoms with van der Waals surface area (Å²) in [5.74, 6) is -0.445. The molecule has 0 radical (unpaired) electrons. The number of fused-ring (bicyclic) bond motifs is 3. The molecule has 4 nitrogen and oxygen atoms in total. The van der Waals surface area contributed by atoms with Crippen molar-refractivity contribution >= 4 is 8.32 Å². The summed E-state index contributed by atoms with van der Waals surface area (Å²) in [4.78, 5) is 2.59. The van der Waals surface area contributed by atoms with E-state index in [1.54, 1.807) is 0 Å². The molecule has 3 aliphatic rings. The van der Waals surface area contributed by atoms with Crippen molar-refractivity contribution in [2.24, 2.45) is 0 Å². The average molecular weight is 328 g/mol. The van der Waals surface area contributed by atoms with E-state index in [9.17, 15) is 0 Å². The number of ether oxygens (including phenoxy) is 2. The van der Waals surface area contributed by atoms with Crippen LogP contribution in [0.3, 0.4) is 0 Å². The number of hydrogen-bond acceptors (Lipinski definition) is 4. The molecule has 0 bridgehead atoms. The van der Waals surface area contributed by atoms with Crippen molar-refractivity contribution in [1.29, 1.82) is 0 Å². The minimum Gasteiger partial charge on any atom is -0.415 e. The second-order valence-electron chi connectivity index (χ2n) is 9.15. The zero-order valence-electron chi connectivity index (χ0n) is 15.3. The van der Waals surface area contributed by atoms with Crippen LogP contribution in [0.4, 0.5) is 0 Å². The fourth-order valence-corrected chi connectivity index (χ4v) is 4.90. The average Bonchev–Trinajstić information content (AvgIpc) is 2.97. The highest BCUT2D eigenvalue weighted by atomic mass is 28.4. The fourth-order valence-electron chi connectivity index (χ4n) is 3.88. The first-order valence-corrected chi connectivity index (χ1v) is 11.7. The molecule has 5 heteroatoms. The van der Waals surface area contributed by atoms with Crippen LogP contribution >= 0.6 is 0 Å². The van der Waals surface area contributed by atoms with Crippen LogP contribution in [0.2, 0.25) is 18.1 Å². The summed E-state index contributed by atoms with van der Waals surface area (Å²) < 4.78 is 19.0. The van der Waals surface area contributed by atoms with Crippen LogP contribution < -0.4 is 0 Å². The summed E-state index contributed by atoms with van der Waals surface area (Å²) >= 11 is 0.